The molecule has 0 heterocycles. The van der Waals surface area contributed by atoms with E-state index in [2.05, 4.69) is 13.8 Å². The van der Waals surface area contributed by atoms with Crippen molar-refractivity contribution in [3.05, 3.63) is 0 Å². The van der Waals surface area contributed by atoms with Crippen molar-refractivity contribution < 1.29 is 4.74 Å². The van der Waals surface area contributed by atoms with Gasteiger partial charge in [0, 0.05) is 6.54 Å². The summed E-state index contributed by atoms with van der Waals surface area (Å²) in [5.41, 5.74) is 5.57. The van der Waals surface area contributed by atoms with Gasteiger partial charge < -0.3 is 10.5 Å². The minimum Gasteiger partial charge on any atom is -0.374 e. The van der Waals surface area contributed by atoms with Crippen molar-refractivity contribution in [2.75, 3.05) is 6.54 Å². The van der Waals surface area contributed by atoms with Gasteiger partial charge in [-0.15, -0.1) is 0 Å². The normalized spacial score (nSPS) is 20.7. The SMILES string of the molecule is CC(C)OC(CN)CC1CC1. The number of rotatable bonds is 5. The zero-order valence-electron chi connectivity index (χ0n) is 7.55. The maximum atomic E-state index is 5.63. The van der Waals surface area contributed by atoms with E-state index in [1.54, 1.807) is 0 Å². The van der Waals surface area contributed by atoms with Crippen LogP contribution >= 0.6 is 0 Å². The fourth-order valence-electron chi connectivity index (χ4n) is 1.32. The molecule has 1 unspecified atom stereocenters. The second-order valence-corrected chi connectivity index (χ2v) is 3.72. The van der Waals surface area contributed by atoms with Gasteiger partial charge in [-0.3, -0.25) is 0 Å². The lowest BCUT2D eigenvalue weighted by Crippen LogP contribution is -2.27. The molecule has 1 aliphatic carbocycles. The predicted octanol–water partition coefficient (Wildman–Crippen LogP) is 1.54. The fraction of sp³-hybridized carbons (Fsp3) is 1.00. The summed E-state index contributed by atoms with van der Waals surface area (Å²) >= 11 is 0. The summed E-state index contributed by atoms with van der Waals surface area (Å²) in [5, 5.41) is 0. The number of nitrogens with two attached hydrogens (primary N) is 1. The molecular weight excluding hydrogens is 138 g/mol. The maximum Gasteiger partial charge on any atom is 0.0703 e. The van der Waals surface area contributed by atoms with Crippen LogP contribution in [0.3, 0.4) is 0 Å². The van der Waals surface area contributed by atoms with E-state index in [-0.39, 0.29) is 0 Å². The highest BCUT2D eigenvalue weighted by atomic mass is 16.5. The molecule has 0 aromatic rings. The molecular formula is C9H19NO. The summed E-state index contributed by atoms with van der Waals surface area (Å²) in [6.07, 6.45) is 4.58. The third-order valence-corrected chi connectivity index (χ3v) is 2.02. The molecule has 11 heavy (non-hydrogen) atoms. The van der Waals surface area contributed by atoms with E-state index in [0.717, 1.165) is 5.92 Å². The highest BCUT2D eigenvalue weighted by molar-refractivity contribution is 4.77. The first-order chi connectivity index (χ1) is 5.22. The zero-order valence-corrected chi connectivity index (χ0v) is 7.55. The molecule has 0 aromatic heterocycles. The Balaban J connectivity index is 2.12. The lowest BCUT2D eigenvalue weighted by Gasteiger charge is -2.18. The average Bonchev–Trinajstić information content (AvgIpc) is 2.69. The second kappa shape index (κ2) is 4.07. The molecule has 1 fully saturated rings. The first kappa shape index (κ1) is 9.01. The van der Waals surface area contributed by atoms with Crippen LogP contribution in [0.2, 0.25) is 0 Å². The van der Waals surface area contributed by atoms with Gasteiger partial charge in [0.2, 0.25) is 0 Å². The third-order valence-electron chi connectivity index (χ3n) is 2.02. The van der Waals surface area contributed by atoms with Crippen molar-refractivity contribution >= 4 is 0 Å². The lowest BCUT2D eigenvalue weighted by atomic mass is 10.2. The van der Waals surface area contributed by atoms with E-state index in [9.17, 15) is 0 Å². The van der Waals surface area contributed by atoms with Gasteiger partial charge in [0.25, 0.3) is 0 Å². The van der Waals surface area contributed by atoms with Gasteiger partial charge in [-0.2, -0.15) is 0 Å². The summed E-state index contributed by atoms with van der Waals surface area (Å²) in [6.45, 7) is 4.81. The van der Waals surface area contributed by atoms with Crippen molar-refractivity contribution in [3.63, 3.8) is 0 Å². The Morgan fingerprint density at radius 2 is 2.09 bits per heavy atom. The first-order valence-electron chi connectivity index (χ1n) is 4.58. The van der Waals surface area contributed by atoms with Gasteiger partial charge in [-0.05, 0) is 26.2 Å². The number of hydrogen-bond donors (Lipinski definition) is 1. The fourth-order valence-corrected chi connectivity index (χ4v) is 1.32. The summed E-state index contributed by atoms with van der Waals surface area (Å²) in [7, 11) is 0. The molecule has 0 aliphatic heterocycles. The van der Waals surface area contributed by atoms with Crippen molar-refractivity contribution in [3.8, 4) is 0 Å². The van der Waals surface area contributed by atoms with Crippen LogP contribution in [0.5, 0.6) is 0 Å². The Morgan fingerprint density at radius 1 is 1.45 bits per heavy atom. The van der Waals surface area contributed by atoms with Crippen LogP contribution in [-0.2, 0) is 4.74 Å². The molecule has 0 radical (unpaired) electrons. The molecule has 66 valence electrons. The highest BCUT2D eigenvalue weighted by Gasteiger charge is 2.25. The molecule has 2 heteroatoms. The monoisotopic (exact) mass is 157 g/mol. The van der Waals surface area contributed by atoms with Crippen molar-refractivity contribution in [2.24, 2.45) is 11.7 Å². The summed E-state index contributed by atoms with van der Waals surface area (Å²) < 4.78 is 5.63. The molecule has 0 saturated heterocycles. The van der Waals surface area contributed by atoms with E-state index in [1.165, 1.54) is 19.3 Å². The minimum atomic E-state index is 0.308. The second-order valence-electron chi connectivity index (χ2n) is 3.72. The van der Waals surface area contributed by atoms with Gasteiger partial charge in [-0.25, -0.2) is 0 Å². The van der Waals surface area contributed by atoms with E-state index < -0.39 is 0 Å². The summed E-state index contributed by atoms with van der Waals surface area (Å²) in [4.78, 5) is 0. The topological polar surface area (TPSA) is 35.2 Å². The van der Waals surface area contributed by atoms with Crippen molar-refractivity contribution in [1.29, 1.82) is 0 Å². The number of ether oxygens (including phenoxy) is 1. The van der Waals surface area contributed by atoms with Crippen LogP contribution in [-0.4, -0.2) is 18.8 Å². The molecule has 2 nitrogen and oxygen atoms in total. The maximum absolute atomic E-state index is 5.63. The lowest BCUT2D eigenvalue weighted by molar-refractivity contribution is 0.00573. The Kier molecular flexibility index (Phi) is 3.34. The Hall–Kier alpha value is -0.0800. The summed E-state index contributed by atoms with van der Waals surface area (Å²) in [5.74, 6) is 0.919. The Labute approximate surface area is 69.1 Å². The van der Waals surface area contributed by atoms with Gasteiger partial charge in [0.05, 0.1) is 12.2 Å². The molecule has 0 amide bonds. The molecule has 0 spiro atoms. The quantitative estimate of drug-likeness (QED) is 0.657. The molecule has 1 rings (SSSR count). The van der Waals surface area contributed by atoms with Crippen LogP contribution < -0.4 is 5.73 Å². The van der Waals surface area contributed by atoms with Gasteiger partial charge in [0.1, 0.15) is 0 Å². The first-order valence-corrected chi connectivity index (χ1v) is 4.58. The Morgan fingerprint density at radius 3 is 2.45 bits per heavy atom. The van der Waals surface area contributed by atoms with Crippen LogP contribution in [0.15, 0.2) is 0 Å². The molecule has 0 bridgehead atoms. The van der Waals surface area contributed by atoms with E-state index in [1.807, 2.05) is 0 Å². The summed E-state index contributed by atoms with van der Waals surface area (Å²) in [6, 6.07) is 0. The third kappa shape index (κ3) is 3.73. The van der Waals surface area contributed by atoms with Crippen LogP contribution in [0.1, 0.15) is 33.1 Å². The molecule has 1 aliphatic rings. The molecule has 1 atom stereocenters. The van der Waals surface area contributed by atoms with Gasteiger partial charge in [-0.1, -0.05) is 12.8 Å². The smallest absolute Gasteiger partial charge is 0.0703 e. The molecule has 1 saturated carbocycles. The van der Waals surface area contributed by atoms with Gasteiger partial charge in [0.15, 0.2) is 0 Å². The standard InChI is InChI=1S/C9H19NO/c1-7(2)11-9(6-10)5-8-3-4-8/h7-9H,3-6,10H2,1-2H3. The number of hydrogen-bond acceptors (Lipinski definition) is 2. The predicted molar refractivity (Wildman–Crippen MR) is 46.4 cm³/mol. The van der Waals surface area contributed by atoms with E-state index in [4.69, 9.17) is 10.5 Å². The Bertz CT molecular complexity index is 106. The molecule has 0 aromatic carbocycles. The van der Waals surface area contributed by atoms with Crippen LogP contribution in [0.25, 0.3) is 0 Å². The van der Waals surface area contributed by atoms with Crippen molar-refractivity contribution in [1.82, 2.24) is 0 Å². The van der Waals surface area contributed by atoms with Gasteiger partial charge >= 0.3 is 0 Å². The van der Waals surface area contributed by atoms with Crippen LogP contribution in [0, 0.1) is 5.92 Å². The van der Waals surface area contributed by atoms with Crippen molar-refractivity contribution in [2.45, 2.75) is 45.3 Å². The largest absolute Gasteiger partial charge is 0.374 e. The van der Waals surface area contributed by atoms with E-state index in [0.29, 0.717) is 18.8 Å². The van der Waals surface area contributed by atoms with E-state index >= 15 is 0 Å². The molecule has 2 N–H and O–H groups in total. The minimum absolute atomic E-state index is 0.308. The average molecular weight is 157 g/mol. The highest BCUT2D eigenvalue weighted by Crippen LogP contribution is 2.34. The van der Waals surface area contributed by atoms with Crippen LogP contribution in [0.4, 0.5) is 0 Å². The zero-order chi connectivity index (χ0) is 8.27.